The van der Waals surface area contributed by atoms with Crippen molar-refractivity contribution in [1.82, 2.24) is 0 Å². The van der Waals surface area contributed by atoms with Crippen molar-refractivity contribution in [1.29, 1.82) is 0 Å². The largest absolute Gasteiger partial charge is 0.481 e. The number of carboxylic acids is 1. The summed E-state index contributed by atoms with van der Waals surface area (Å²) in [5, 5.41) is 13.4. The fraction of sp³-hybridized carbons (Fsp3) is 0.368. The highest BCUT2D eigenvalue weighted by molar-refractivity contribution is 6.04. The van der Waals surface area contributed by atoms with Gasteiger partial charge in [-0.2, -0.15) is 0 Å². The summed E-state index contributed by atoms with van der Waals surface area (Å²) in [6.07, 6.45) is 1.52. The lowest BCUT2D eigenvalue weighted by Gasteiger charge is -2.26. The second kappa shape index (κ2) is 7.53. The summed E-state index contributed by atoms with van der Waals surface area (Å²) < 4.78 is 10.8. The van der Waals surface area contributed by atoms with Crippen LogP contribution in [0, 0.1) is 5.92 Å². The summed E-state index contributed by atoms with van der Waals surface area (Å²) in [4.78, 5) is 23.3. The first-order valence-electron chi connectivity index (χ1n) is 8.33. The maximum Gasteiger partial charge on any atom is 0.341 e. The van der Waals surface area contributed by atoms with Crippen LogP contribution in [0.1, 0.15) is 19.8 Å². The molecule has 6 nitrogen and oxygen atoms in total. The quantitative estimate of drug-likeness (QED) is 0.871. The summed E-state index contributed by atoms with van der Waals surface area (Å²) in [5.74, 6) is -0.629. The van der Waals surface area contributed by atoms with Crippen LogP contribution >= 0.6 is 0 Å². The number of fused-ring (bicyclic) bond motifs is 1. The molecule has 0 aromatic heterocycles. The molecular weight excluding hydrogens is 322 g/mol. The Morgan fingerprint density at radius 2 is 2.00 bits per heavy atom. The molecule has 2 aromatic carbocycles. The molecule has 0 saturated carbocycles. The van der Waals surface area contributed by atoms with Gasteiger partial charge in [0.15, 0.2) is 6.61 Å². The SMILES string of the molecule is C[C@@H]1C[C@@H](C(=O)Nc2ccc(OCC(=O)O)c3ccccc23)CCO1. The number of hydrogen-bond donors (Lipinski definition) is 2. The van der Waals surface area contributed by atoms with E-state index in [0.29, 0.717) is 30.9 Å². The lowest BCUT2D eigenvalue weighted by molar-refractivity contribution is -0.139. The Kier molecular flexibility index (Phi) is 5.19. The van der Waals surface area contributed by atoms with Crippen molar-refractivity contribution in [2.24, 2.45) is 5.92 Å². The molecule has 6 heteroatoms. The molecule has 1 saturated heterocycles. The molecule has 1 aliphatic rings. The monoisotopic (exact) mass is 343 g/mol. The van der Waals surface area contributed by atoms with E-state index < -0.39 is 12.6 Å². The molecular formula is C19H21NO5. The van der Waals surface area contributed by atoms with Gasteiger partial charge in [0, 0.05) is 29.0 Å². The Morgan fingerprint density at radius 3 is 2.72 bits per heavy atom. The van der Waals surface area contributed by atoms with E-state index in [-0.39, 0.29) is 17.9 Å². The molecule has 0 radical (unpaired) electrons. The number of carbonyl (C=O) groups is 2. The van der Waals surface area contributed by atoms with E-state index in [2.05, 4.69) is 5.32 Å². The molecule has 3 rings (SSSR count). The Morgan fingerprint density at radius 1 is 1.24 bits per heavy atom. The number of aliphatic carboxylic acids is 1. The van der Waals surface area contributed by atoms with Gasteiger partial charge in [-0.3, -0.25) is 4.79 Å². The number of ether oxygens (including phenoxy) is 2. The van der Waals surface area contributed by atoms with Crippen molar-refractivity contribution < 1.29 is 24.2 Å². The van der Waals surface area contributed by atoms with Crippen LogP contribution in [0.2, 0.25) is 0 Å². The van der Waals surface area contributed by atoms with Gasteiger partial charge >= 0.3 is 5.97 Å². The summed E-state index contributed by atoms with van der Waals surface area (Å²) in [6.45, 7) is 2.17. The van der Waals surface area contributed by atoms with Gasteiger partial charge in [0.05, 0.1) is 6.10 Å². The molecule has 0 bridgehead atoms. The third-order valence-corrected chi connectivity index (χ3v) is 4.35. The molecule has 0 aliphatic carbocycles. The first-order valence-corrected chi connectivity index (χ1v) is 8.33. The van der Waals surface area contributed by atoms with E-state index in [9.17, 15) is 9.59 Å². The molecule has 1 aliphatic heterocycles. The fourth-order valence-corrected chi connectivity index (χ4v) is 3.12. The Balaban J connectivity index is 1.83. The average molecular weight is 343 g/mol. The number of anilines is 1. The fourth-order valence-electron chi connectivity index (χ4n) is 3.12. The number of nitrogens with one attached hydrogen (secondary N) is 1. The van der Waals surface area contributed by atoms with Crippen LogP contribution in [0.4, 0.5) is 5.69 Å². The van der Waals surface area contributed by atoms with E-state index in [1.165, 1.54) is 0 Å². The Bertz CT molecular complexity index is 788. The zero-order chi connectivity index (χ0) is 17.8. The molecule has 1 fully saturated rings. The first kappa shape index (κ1) is 17.2. The molecule has 1 amide bonds. The van der Waals surface area contributed by atoms with Crippen LogP contribution in [0.15, 0.2) is 36.4 Å². The minimum absolute atomic E-state index is 0.0143. The summed E-state index contributed by atoms with van der Waals surface area (Å²) in [7, 11) is 0. The van der Waals surface area contributed by atoms with Crippen molar-refractivity contribution in [2.45, 2.75) is 25.9 Å². The number of rotatable bonds is 5. The molecule has 132 valence electrons. The number of hydrogen-bond acceptors (Lipinski definition) is 4. The van der Waals surface area contributed by atoms with Crippen molar-refractivity contribution in [3.8, 4) is 5.75 Å². The predicted molar refractivity (Wildman–Crippen MR) is 93.8 cm³/mol. The van der Waals surface area contributed by atoms with Crippen LogP contribution in [-0.2, 0) is 14.3 Å². The van der Waals surface area contributed by atoms with Gasteiger partial charge in [0.1, 0.15) is 5.75 Å². The van der Waals surface area contributed by atoms with E-state index in [1.807, 2.05) is 31.2 Å². The first-order chi connectivity index (χ1) is 12.0. The molecule has 1 heterocycles. The van der Waals surface area contributed by atoms with Gasteiger partial charge in [-0.15, -0.1) is 0 Å². The predicted octanol–water partition coefficient (Wildman–Crippen LogP) is 3.06. The van der Waals surface area contributed by atoms with Gasteiger partial charge in [0.2, 0.25) is 5.91 Å². The topological polar surface area (TPSA) is 84.9 Å². The maximum absolute atomic E-state index is 12.6. The van der Waals surface area contributed by atoms with Crippen LogP contribution in [0.25, 0.3) is 10.8 Å². The van der Waals surface area contributed by atoms with Gasteiger partial charge in [-0.05, 0) is 31.9 Å². The normalized spacial score (nSPS) is 20.2. The minimum Gasteiger partial charge on any atom is -0.481 e. The van der Waals surface area contributed by atoms with Crippen LogP contribution in [-0.4, -0.2) is 36.3 Å². The average Bonchev–Trinajstić information content (AvgIpc) is 2.61. The summed E-state index contributed by atoms with van der Waals surface area (Å²) in [5.41, 5.74) is 0.697. The number of carboxylic acid groups (broad SMARTS) is 1. The van der Waals surface area contributed by atoms with Crippen molar-refractivity contribution in [3.63, 3.8) is 0 Å². The van der Waals surface area contributed by atoms with E-state index in [1.54, 1.807) is 12.1 Å². The van der Waals surface area contributed by atoms with Crippen LogP contribution in [0.5, 0.6) is 5.75 Å². The second-order valence-electron chi connectivity index (χ2n) is 6.23. The highest BCUT2D eigenvalue weighted by Gasteiger charge is 2.26. The molecule has 2 atom stereocenters. The lowest BCUT2D eigenvalue weighted by Crippen LogP contribution is -2.32. The van der Waals surface area contributed by atoms with Gasteiger partial charge in [-0.25, -0.2) is 4.79 Å². The maximum atomic E-state index is 12.6. The van der Waals surface area contributed by atoms with Gasteiger partial charge in [0.25, 0.3) is 0 Å². The zero-order valence-corrected chi connectivity index (χ0v) is 14.0. The third kappa shape index (κ3) is 4.09. The lowest BCUT2D eigenvalue weighted by atomic mass is 9.95. The van der Waals surface area contributed by atoms with Crippen LogP contribution in [0.3, 0.4) is 0 Å². The number of amides is 1. The minimum atomic E-state index is -1.03. The van der Waals surface area contributed by atoms with Crippen molar-refractivity contribution in [3.05, 3.63) is 36.4 Å². The highest BCUT2D eigenvalue weighted by Crippen LogP contribution is 2.32. The van der Waals surface area contributed by atoms with Gasteiger partial charge in [-0.1, -0.05) is 24.3 Å². The number of carbonyl (C=O) groups excluding carboxylic acids is 1. The van der Waals surface area contributed by atoms with E-state index in [0.717, 1.165) is 10.8 Å². The second-order valence-corrected chi connectivity index (χ2v) is 6.23. The van der Waals surface area contributed by atoms with E-state index >= 15 is 0 Å². The number of benzene rings is 2. The standard InChI is InChI=1S/C19H21NO5/c1-12-10-13(8-9-24-12)19(23)20-16-6-7-17(25-11-18(21)22)15-5-3-2-4-14(15)16/h2-7,12-13H,8-11H2,1H3,(H,20,23)(H,21,22)/t12-,13+/m1/s1. The highest BCUT2D eigenvalue weighted by atomic mass is 16.5. The zero-order valence-electron chi connectivity index (χ0n) is 14.0. The molecule has 0 spiro atoms. The third-order valence-electron chi connectivity index (χ3n) is 4.35. The molecule has 0 unspecified atom stereocenters. The molecule has 2 N–H and O–H groups in total. The Hall–Kier alpha value is -2.60. The Labute approximate surface area is 145 Å². The van der Waals surface area contributed by atoms with Crippen molar-refractivity contribution in [2.75, 3.05) is 18.5 Å². The van der Waals surface area contributed by atoms with Crippen molar-refractivity contribution >= 4 is 28.3 Å². The molecule has 2 aromatic rings. The molecule has 25 heavy (non-hydrogen) atoms. The summed E-state index contributed by atoms with van der Waals surface area (Å²) >= 11 is 0. The van der Waals surface area contributed by atoms with E-state index in [4.69, 9.17) is 14.6 Å². The van der Waals surface area contributed by atoms with Gasteiger partial charge < -0.3 is 19.9 Å². The summed E-state index contributed by atoms with van der Waals surface area (Å²) in [6, 6.07) is 10.9. The van der Waals surface area contributed by atoms with Crippen LogP contribution < -0.4 is 10.1 Å². The smallest absolute Gasteiger partial charge is 0.341 e.